The van der Waals surface area contributed by atoms with Crippen molar-refractivity contribution in [2.24, 2.45) is 0 Å². The topological polar surface area (TPSA) is 32.5 Å². The number of hydrogen-bond acceptors (Lipinski definition) is 4. The standard InChI is InChI=1S/C12H19N3O/c1-14-11-2-3-12(14)9-15(6-4-11)8-10-5-7-16-13-10/h5,7,11-12H,2-4,6,8-9H2,1H3. The molecule has 2 fully saturated rings. The Morgan fingerprint density at radius 1 is 1.38 bits per heavy atom. The van der Waals surface area contributed by atoms with Gasteiger partial charge in [-0.15, -0.1) is 0 Å². The van der Waals surface area contributed by atoms with Gasteiger partial charge in [0.05, 0.1) is 5.69 Å². The molecule has 4 heteroatoms. The monoisotopic (exact) mass is 221 g/mol. The SMILES string of the molecule is CN1C2CCC1CN(Cc1ccon1)CC2. The Balaban J connectivity index is 1.65. The second-order valence-electron chi connectivity index (χ2n) is 5.07. The van der Waals surface area contributed by atoms with E-state index in [9.17, 15) is 0 Å². The Kier molecular flexibility index (Phi) is 2.69. The van der Waals surface area contributed by atoms with Crippen LogP contribution in [0.1, 0.15) is 25.0 Å². The largest absolute Gasteiger partial charge is 0.364 e. The van der Waals surface area contributed by atoms with Crippen molar-refractivity contribution >= 4 is 0 Å². The third kappa shape index (κ3) is 1.87. The summed E-state index contributed by atoms with van der Waals surface area (Å²) in [5.74, 6) is 0. The molecular formula is C12H19N3O. The molecule has 0 radical (unpaired) electrons. The highest BCUT2D eigenvalue weighted by Crippen LogP contribution is 2.28. The minimum Gasteiger partial charge on any atom is -0.364 e. The third-order valence-electron chi connectivity index (χ3n) is 4.11. The number of likely N-dealkylation sites (tertiary alicyclic amines) is 1. The van der Waals surface area contributed by atoms with Crippen molar-refractivity contribution in [2.45, 2.75) is 37.9 Å². The first-order chi connectivity index (χ1) is 7.83. The molecule has 1 aromatic rings. The molecule has 3 rings (SSSR count). The Morgan fingerprint density at radius 3 is 3.06 bits per heavy atom. The van der Waals surface area contributed by atoms with Crippen LogP contribution in [0.5, 0.6) is 0 Å². The molecule has 0 amide bonds. The van der Waals surface area contributed by atoms with E-state index in [-0.39, 0.29) is 0 Å². The molecule has 1 aromatic heterocycles. The molecule has 2 aliphatic heterocycles. The molecule has 2 bridgehead atoms. The van der Waals surface area contributed by atoms with Crippen LogP contribution >= 0.6 is 0 Å². The van der Waals surface area contributed by atoms with Gasteiger partial charge < -0.3 is 4.52 Å². The zero-order valence-electron chi connectivity index (χ0n) is 9.80. The highest BCUT2D eigenvalue weighted by atomic mass is 16.5. The molecule has 2 aliphatic rings. The van der Waals surface area contributed by atoms with Gasteiger partial charge in [-0.3, -0.25) is 9.80 Å². The van der Waals surface area contributed by atoms with Gasteiger partial charge in [-0.25, -0.2) is 0 Å². The minimum atomic E-state index is 0.749. The van der Waals surface area contributed by atoms with Gasteiger partial charge in [0.2, 0.25) is 0 Å². The summed E-state index contributed by atoms with van der Waals surface area (Å²) in [6.07, 6.45) is 5.70. The smallest absolute Gasteiger partial charge is 0.124 e. The van der Waals surface area contributed by atoms with E-state index in [1.54, 1.807) is 6.26 Å². The van der Waals surface area contributed by atoms with E-state index >= 15 is 0 Å². The molecule has 0 aromatic carbocycles. The van der Waals surface area contributed by atoms with Crippen molar-refractivity contribution < 1.29 is 4.52 Å². The molecule has 2 saturated heterocycles. The van der Waals surface area contributed by atoms with Gasteiger partial charge in [-0.05, 0) is 26.3 Å². The zero-order valence-corrected chi connectivity index (χ0v) is 9.80. The maximum Gasteiger partial charge on any atom is 0.124 e. The van der Waals surface area contributed by atoms with Gasteiger partial charge in [0, 0.05) is 37.8 Å². The van der Waals surface area contributed by atoms with E-state index in [1.165, 1.54) is 32.4 Å². The van der Waals surface area contributed by atoms with Gasteiger partial charge >= 0.3 is 0 Å². The fraction of sp³-hybridized carbons (Fsp3) is 0.750. The molecular weight excluding hydrogens is 202 g/mol. The second kappa shape index (κ2) is 4.18. The first-order valence-electron chi connectivity index (χ1n) is 6.16. The van der Waals surface area contributed by atoms with Crippen LogP contribution in [-0.4, -0.2) is 47.2 Å². The highest BCUT2D eigenvalue weighted by molar-refractivity contribution is 4.97. The predicted molar refractivity (Wildman–Crippen MR) is 61.0 cm³/mol. The Labute approximate surface area is 96.2 Å². The summed E-state index contributed by atoms with van der Waals surface area (Å²) in [7, 11) is 2.28. The van der Waals surface area contributed by atoms with Crippen molar-refractivity contribution in [3.8, 4) is 0 Å². The van der Waals surface area contributed by atoms with Gasteiger partial charge in [0.15, 0.2) is 0 Å². The summed E-state index contributed by atoms with van der Waals surface area (Å²) in [5.41, 5.74) is 1.06. The van der Waals surface area contributed by atoms with E-state index in [1.807, 2.05) is 6.07 Å². The highest BCUT2D eigenvalue weighted by Gasteiger charge is 2.34. The molecule has 4 nitrogen and oxygen atoms in total. The van der Waals surface area contributed by atoms with E-state index in [0.717, 1.165) is 24.3 Å². The van der Waals surface area contributed by atoms with Crippen molar-refractivity contribution in [3.63, 3.8) is 0 Å². The molecule has 3 heterocycles. The van der Waals surface area contributed by atoms with Crippen LogP contribution in [-0.2, 0) is 6.54 Å². The van der Waals surface area contributed by atoms with Crippen LogP contribution in [0.15, 0.2) is 16.9 Å². The first kappa shape index (κ1) is 10.3. The van der Waals surface area contributed by atoms with Gasteiger partial charge in [-0.2, -0.15) is 0 Å². The number of fused-ring (bicyclic) bond motifs is 2. The number of rotatable bonds is 2. The van der Waals surface area contributed by atoms with Gasteiger partial charge in [0.25, 0.3) is 0 Å². The predicted octanol–water partition coefficient (Wildman–Crippen LogP) is 1.34. The van der Waals surface area contributed by atoms with Crippen molar-refractivity contribution in [2.75, 3.05) is 20.1 Å². The van der Waals surface area contributed by atoms with Gasteiger partial charge in [-0.1, -0.05) is 5.16 Å². The molecule has 0 N–H and O–H groups in total. The lowest BCUT2D eigenvalue weighted by Crippen LogP contribution is -2.36. The minimum absolute atomic E-state index is 0.749. The van der Waals surface area contributed by atoms with Crippen molar-refractivity contribution in [3.05, 3.63) is 18.0 Å². The average molecular weight is 221 g/mol. The third-order valence-corrected chi connectivity index (χ3v) is 4.11. The Bertz CT molecular complexity index is 338. The maximum absolute atomic E-state index is 4.88. The maximum atomic E-state index is 4.88. The summed E-state index contributed by atoms with van der Waals surface area (Å²) in [6.45, 7) is 3.31. The van der Waals surface area contributed by atoms with E-state index in [0.29, 0.717) is 0 Å². The van der Waals surface area contributed by atoms with E-state index in [2.05, 4.69) is 22.0 Å². The zero-order chi connectivity index (χ0) is 11.0. The summed E-state index contributed by atoms with van der Waals surface area (Å²) in [5, 5.41) is 3.99. The van der Waals surface area contributed by atoms with Crippen LogP contribution in [0.3, 0.4) is 0 Å². The summed E-state index contributed by atoms with van der Waals surface area (Å²) in [6, 6.07) is 3.53. The summed E-state index contributed by atoms with van der Waals surface area (Å²) in [4.78, 5) is 5.08. The molecule has 88 valence electrons. The Hall–Kier alpha value is -0.870. The molecule has 2 unspecified atom stereocenters. The number of likely N-dealkylation sites (N-methyl/N-ethyl adjacent to an activating group) is 1. The number of nitrogens with zero attached hydrogens (tertiary/aromatic N) is 3. The summed E-state index contributed by atoms with van der Waals surface area (Å²) >= 11 is 0. The normalized spacial score (nSPS) is 31.8. The molecule has 0 spiro atoms. The molecule has 0 saturated carbocycles. The van der Waals surface area contributed by atoms with Crippen molar-refractivity contribution in [1.82, 2.24) is 15.0 Å². The van der Waals surface area contributed by atoms with Crippen LogP contribution in [0.2, 0.25) is 0 Å². The van der Waals surface area contributed by atoms with Crippen LogP contribution in [0, 0.1) is 0 Å². The summed E-state index contributed by atoms with van der Waals surface area (Å²) < 4.78 is 4.88. The van der Waals surface area contributed by atoms with E-state index in [4.69, 9.17) is 4.52 Å². The molecule has 2 atom stereocenters. The van der Waals surface area contributed by atoms with E-state index < -0.39 is 0 Å². The lowest BCUT2D eigenvalue weighted by atomic mass is 10.1. The van der Waals surface area contributed by atoms with Gasteiger partial charge in [0.1, 0.15) is 6.26 Å². The average Bonchev–Trinajstić information content (AvgIpc) is 2.82. The number of aromatic nitrogens is 1. The second-order valence-corrected chi connectivity index (χ2v) is 5.07. The van der Waals surface area contributed by atoms with Crippen LogP contribution in [0.4, 0.5) is 0 Å². The van der Waals surface area contributed by atoms with Crippen LogP contribution in [0.25, 0.3) is 0 Å². The quantitative estimate of drug-likeness (QED) is 0.754. The lowest BCUT2D eigenvalue weighted by Gasteiger charge is -2.24. The molecule has 16 heavy (non-hydrogen) atoms. The van der Waals surface area contributed by atoms with Crippen molar-refractivity contribution in [1.29, 1.82) is 0 Å². The fourth-order valence-electron chi connectivity index (χ4n) is 3.07. The lowest BCUT2D eigenvalue weighted by molar-refractivity contribution is 0.211. The van der Waals surface area contributed by atoms with Crippen LogP contribution < -0.4 is 0 Å². The number of hydrogen-bond donors (Lipinski definition) is 0. The Morgan fingerprint density at radius 2 is 2.25 bits per heavy atom. The first-order valence-corrected chi connectivity index (χ1v) is 6.16. The fourth-order valence-corrected chi connectivity index (χ4v) is 3.07. The molecule has 0 aliphatic carbocycles.